The van der Waals surface area contributed by atoms with Gasteiger partial charge in [0.25, 0.3) is 0 Å². The van der Waals surface area contributed by atoms with Crippen molar-refractivity contribution in [1.82, 2.24) is 0 Å². The molecule has 0 aliphatic heterocycles. The third-order valence-electron chi connectivity index (χ3n) is 2.86. The van der Waals surface area contributed by atoms with E-state index in [4.69, 9.17) is 0 Å². The molecule has 0 aromatic heterocycles. The van der Waals surface area contributed by atoms with Gasteiger partial charge in [-0.1, -0.05) is 20.8 Å². The average Bonchev–Trinajstić information content (AvgIpc) is 2.50. The number of nitrogens with zero attached hydrogens (tertiary/aromatic N) is 1. The summed E-state index contributed by atoms with van der Waals surface area (Å²) in [6.45, 7) is 4.69. The van der Waals surface area contributed by atoms with Gasteiger partial charge in [0, 0.05) is 25.3 Å². The Balaban J connectivity index is 3.36. The summed E-state index contributed by atoms with van der Waals surface area (Å²) in [5, 5.41) is -0.299. The van der Waals surface area contributed by atoms with E-state index in [1.165, 1.54) is 13.8 Å². The highest BCUT2D eigenvalue weighted by Crippen LogP contribution is 2.31. The molecule has 0 bridgehead atoms. The molecule has 1 aromatic rings. The second kappa shape index (κ2) is 8.03. The molecule has 7 heteroatoms. The van der Waals surface area contributed by atoms with Gasteiger partial charge in [-0.15, -0.1) is 0 Å². The van der Waals surface area contributed by atoms with Crippen molar-refractivity contribution in [2.24, 2.45) is 0 Å². The molecule has 1 rings (SSSR count). The maximum atomic E-state index is 14.0. The molecule has 0 unspecified atom stereocenters. The van der Waals surface area contributed by atoms with Crippen molar-refractivity contribution >= 4 is 34.4 Å². The van der Waals surface area contributed by atoms with E-state index < -0.39 is 23.4 Å². The fourth-order valence-electron chi connectivity index (χ4n) is 1.69. The maximum Gasteiger partial charge on any atom is 0.233 e. The molecular weight excluding hydrogens is 312 g/mol. The van der Waals surface area contributed by atoms with Crippen molar-refractivity contribution in [2.45, 2.75) is 44.9 Å². The number of halogens is 2. The Hall–Kier alpha value is -1.76. The fraction of sp³-hybridized carbons (Fsp3) is 0.400. The summed E-state index contributed by atoms with van der Waals surface area (Å²) in [5.74, 6) is -3.10. The quantitative estimate of drug-likeness (QED) is 0.773. The van der Waals surface area contributed by atoms with Crippen LogP contribution in [0.4, 0.5) is 14.5 Å². The van der Waals surface area contributed by atoms with Crippen LogP contribution in [0.1, 0.15) is 40.0 Å². The first-order valence-corrected chi connectivity index (χ1v) is 7.72. The van der Waals surface area contributed by atoms with Crippen LogP contribution in [0.5, 0.6) is 0 Å². The van der Waals surface area contributed by atoms with Gasteiger partial charge in [-0.25, -0.2) is 13.7 Å². The molecule has 0 fully saturated rings. The van der Waals surface area contributed by atoms with Crippen LogP contribution in [0, 0.1) is 11.6 Å². The minimum atomic E-state index is -1.02. The van der Waals surface area contributed by atoms with Crippen LogP contribution in [-0.2, 0) is 14.4 Å². The lowest BCUT2D eigenvalue weighted by Crippen LogP contribution is -2.36. The highest BCUT2D eigenvalue weighted by Gasteiger charge is 2.25. The first-order valence-electron chi connectivity index (χ1n) is 6.91. The van der Waals surface area contributed by atoms with Crippen molar-refractivity contribution in [2.75, 3.05) is 4.90 Å². The third kappa shape index (κ3) is 4.13. The average molecular weight is 329 g/mol. The highest BCUT2D eigenvalue weighted by atomic mass is 32.2. The predicted molar refractivity (Wildman–Crippen MR) is 80.6 cm³/mol. The van der Waals surface area contributed by atoms with Gasteiger partial charge >= 0.3 is 0 Å². The number of thioether (sulfide) groups is 1. The number of imide groups is 1. The minimum Gasteiger partial charge on any atom is -0.287 e. The zero-order valence-corrected chi connectivity index (χ0v) is 13.4. The molecule has 0 aliphatic carbocycles. The van der Waals surface area contributed by atoms with E-state index >= 15 is 0 Å². The molecule has 0 radical (unpaired) electrons. The number of amides is 2. The van der Waals surface area contributed by atoms with Crippen molar-refractivity contribution in [3.8, 4) is 0 Å². The van der Waals surface area contributed by atoms with E-state index in [9.17, 15) is 23.2 Å². The SMILES string of the molecule is CCC(=O)Sc1cc(N(C(=O)CC)C(=O)CC)c(F)cc1F. The van der Waals surface area contributed by atoms with E-state index in [-0.39, 0.29) is 35.0 Å². The lowest BCUT2D eigenvalue weighted by Gasteiger charge is -2.21. The molecule has 0 atom stereocenters. The van der Waals surface area contributed by atoms with E-state index in [2.05, 4.69) is 0 Å². The zero-order valence-electron chi connectivity index (χ0n) is 12.6. The van der Waals surface area contributed by atoms with E-state index in [1.54, 1.807) is 6.92 Å². The topological polar surface area (TPSA) is 54.5 Å². The summed E-state index contributed by atoms with van der Waals surface area (Å²) >= 11 is 0.619. The van der Waals surface area contributed by atoms with Crippen LogP contribution < -0.4 is 4.90 Å². The van der Waals surface area contributed by atoms with Gasteiger partial charge < -0.3 is 0 Å². The fourth-order valence-corrected chi connectivity index (χ4v) is 2.40. The zero-order chi connectivity index (χ0) is 16.9. The molecule has 0 spiro atoms. The second-order valence-electron chi connectivity index (χ2n) is 4.39. The lowest BCUT2D eigenvalue weighted by molar-refractivity contribution is -0.126. The second-order valence-corrected chi connectivity index (χ2v) is 5.49. The molecule has 0 saturated heterocycles. The number of hydrogen-bond donors (Lipinski definition) is 0. The van der Waals surface area contributed by atoms with E-state index in [0.29, 0.717) is 22.7 Å². The van der Waals surface area contributed by atoms with Crippen molar-refractivity contribution < 1.29 is 23.2 Å². The number of hydrogen-bond acceptors (Lipinski definition) is 4. The maximum absolute atomic E-state index is 14.0. The smallest absolute Gasteiger partial charge is 0.233 e. The molecule has 120 valence electrons. The van der Waals surface area contributed by atoms with Crippen molar-refractivity contribution in [1.29, 1.82) is 0 Å². The minimum absolute atomic E-state index is 0.00107. The largest absolute Gasteiger partial charge is 0.287 e. The normalized spacial score (nSPS) is 10.4. The van der Waals surface area contributed by atoms with Crippen LogP contribution in [0.3, 0.4) is 0 Å². The monoisotopic (exact) mass is 329 g/mol. The Morgan fingerprint density at radius 2 is 1.50 bits per heavy atom. The van der Waals surface area contributed by atoms with Gasteiger partial charge in [-0.2, -0.15) is 0 Å². The van der Waals surface area contributed by atoms with Crippen molar-refractivity contribution in [3.05, 3.63) is 23.8 Å². The first-order chi connectivity index (χ1) is 10.3. The standard InChI is InChI=1S/C15H17F2NO3S/c1-4-13(19)18(14(20)5-2)11-8-12(22-15(21)6-3)10(17)7-9(11)16/h7-8H,4-6H2,1-3H3. The van der Waals surface area contributed by atoms with Crippen LogP contribution in [-0.4, -0.2) is 16.9 Å². The Morgan fingerprint density at radius 1 is 0.955 bits per heavy atom. The van der Waals surface area contributed by atoms with Crippen LogP contribution >= 0.6 is 11.8 Å². The summed E-state index contributed by atoms with van der Waals surface area (Å²) < 4.78 is 27.8. The van der Waals surface area contributed by atoms with Gasteiger partial charge in [-0.3, -0.25) is 14.4 Å². The molecule has 4 nitrogen and oxygen atoms in total. The van der Waals surface area contributed by atoms with E-state index in [1.807, 2.05) is 0 Å². The summed E-state index contributed by atoms with van der Waals surface area (Å²) in [5.41, 5.74) is -0.327. The Morgan fingerprint density at radius 3 is 1.95 bits per heavy atom. The Kier molecular flexibility index (Phi) is 6.67. The summed E-state index contributed by atoms with van der Waals surface area (Å²) in [6, 6.07) is 1.61. The lowest BCUT2D eigenvalue weighted by atomic mass is 10.2. The molecular formula is C15H17F2NO3S. The molecule has 22 heavy (non-hydrogen) atoms. The summed E-state index contributed by atoms with van der Waals surface area (Å²) in [4.78, 5) is 35.8. The third-order valence-corrected chi connectivity index (χ3v) is 3.91. The molecule has 0 aliphatic rings. The number of benzene rings is 1. The molecule has 0 heterocycles. The van der Waals surface area contributed by atoms with Crippen molar-refractivity contribution in [3.63, 3.8) is 0 Å². The number of anilines is 1. The predicted octanol–water partition coefficient (Wildman–Crippen LogP) is 3.67. The molecule has 0 saturated carbocycles. The van der Waals surface area contributed by atoms with Crippen LogP contribution in [0.15, 0.2) is 17.0 Å². The number of rotatable bonds is 5. The van der Waals surface area contributed by atoms with E-state index in [0.717, 1.165) is 6.07 Å². The molecule has 1 aromatic carbocycles. The van der Waals surface area contributed by atoms with Gasteiger partial charge in [-0.05, 0) is 17.8 Å². The highest BCUT2D eigenvalue weighted by molar-refractivity contribution is 8.13. The summed E-state index contributed by atoms with van der Waals surface area (Å²) in [7, 11) is 0. The molecule has 0 N–H and O–H groups in total. The first kappa shape index (κ1) is 18.3. The molecule has 2 amide bonds. The Bertz CT molecular complexity index is 589. The van der Waals surface area contributed by atoms with Crippen LogP contribution in [0.2, 0.25) is 0 Å². The number of carbonyl (C=O) groups is 3. The van der Waals surface area contributed by atoms with Crippen LogP contribution in [0.25, 0.3) is 0 Å². The van der Waals surface area contributed by atoms with Gasteiger partial charge in [0.1, 0.15) is 11.6 Å². The van der Waals surface area contributed by atoms with Gasteiger partial charge in [0.15, 0.2) is 5.12 Å². The number of carbonyl (C=O) groups excluding carboxylic acids is 3. The summed E-state index contributed by atoms with van der Waals surface area (Å²) in [6.07, 6.45) is 0.181. The van der Waals surface area contributed by atoms with Gasteiger partial charge in [0.05, 0.1) is 10.6 Å². The Labute approximate surface area is 131 Å². The van der Waals surface area contributed by atoms with Gasteiger partial charge in [0.2, 0.25) is 11.8 Å².